The lowest BCUT2D eigenvalue weighted by atomic mass is 10.0. The van der Waals surface area contributed by atoms with Crippen LogP contribution in [0, 0.1) is 0 Å². The van der Waals surface area contributed by atoms with Crippen molar-refractivity contribution in [2.24, 2.45) is 0 Å². The van der Waals surface area contributed by atoms with Gasteiger partial charge in [0, 0.05) is 15.7 Å². The van der Waals surface area contributed by atoms with Crippen molar-refractivity contribution in [3.05, 3.63) is 58.6 Å². The monoisotopic (exact) mass is 333 g/mol. The van der Waals surface area contributed by atoms with Crippen LogP contribution in [0.5, 0.6) is 5.75 Å². The Labute approximate surface area is 139 Å². The number of halogens is 1. The topological polar surface area (TPSA) is 38.3 Å². The number of nitrogens with one attached hydrogen (secondary N) is 1. The van der Waals surface area contributed by atoms with Gasteiger partial charge >= 0.3 is 0 Å². The van der Waals surface area contributed by atoms with E-state index in [1.807, 2.05) is 23.9 Å². The summed E-state index contributed by atoms with van der Waals surface area (Å²) < 4.78 is 5.26. The van der Waals surface area contributed by atoms with Gasteiger partial charge in [0.2, 0.25) is 0 Å². The zero-order valence-electron chi connectivity index (χ0n) is 12.1. The first-order valence-electron chi connectivity index (χ1n) is 7.05. The largest absolute Gasteiger partial charge is 0.496 e. The standard InChI is InChI=1S/C17H16ClNO2S/c1-21-15-7-6-11(18)10-13(15)17(20)19-14-8-9-22-16-5-3-2-4-12(14)16/h2-7,10,14H,8-9H2,1H3,(H,19,20). The van der Waals surface area contributed by atoms with Crippen molar-refractivity contribution >= 4 is 29.3 Å². The first kappa shape index (κ1) is 15.3. The average Bonchev–Trinajstić information content (AvgIpc) is 2.55. The molecule has 0 radical (unpaired) electrons. The van der Waals surface area contributed by atoms with E-state index in [-0.39, 0.29) is 11.9 Å². The molecule has 114 valence electrons. The van der Waals surface area contributed by atoms with Crippen LogP contribution in [-0.2, 0) is 0 Å². The predicted octanol–water partition coefficient (Wildman–Crippen LogP) is 4.32. The van der Waals surface area contributed by atoms with E-state index in [0.29, 0.717) is 16.3 Å². The molecule has 1 aliphatic heterocycles. The summed E-state index contributed by atoms with van der Waals surface area (Å²) in [5.41, 5.74) is 1.64. The highest BCUT2D eigenvalue weighted by Crippen LogP contribution is 2.36. The molecule has 5 heteroatoms. The zero-order chi connectivity index (χ0) is 15.5. The first-order chi connectivity index (χ1) is 10.7. The normalized spacial score (nSPS) is 16.7. The third kappa shape index (κ3) is 3.08. The Kier molecular flexibility index (Phi) is 4.60. The highest BCUT2D eigenvalue weighted by molar-refractivity contribution is 7.99. The summed E-state index contributed by atoms with van der Waals surface area (Å²) >= 11 is 7.83. The maximum absolute atomic E-state index is 12.6. The summed E-state index contributed by atoms with van der Waals surface area (Å²) in [7, 11) is 1.55. The summed E-state index contributed by atoms with van der Waals surface area (Å²) in [5.74, 6) is 1.36. The number of amides is 1. The second kappa shape index (κ2) is 6.63. The fourth-order valence-electron chi connectivity index (χ4n) is 2.59. The third-order valence-corrected chi connectivity index (χ3v) is 5.03. The van der Waals surface area contributed by atoms with Gasteiger partial charge in [0.1, 0.15) is 5.75 Å². The van der Waals surface area contributed by atoms with Gasteiger partial charge in [-0.1, -0.05) is 29.8 Å². The number of ether oxygens (including phenoxy) is 1. The molecule has 0 aromatic heterocycles. The fourth-order valence-corrected chi connectivity index (χ4v) is 3.88. The molecule has 0 aliphatic carbocycles. The van der Waals surface area contributed by atoms with E-state index in [9.17, 15) is 4.79 Å². The number of thioether (sulfide) groups is 1. The number of hydrogen-bond acceptors (Lipinski definition) is 3. The predicted molar refractivity (Wildman–Crippen MR) is 90.0 cm³/mol. The van der Waals surface area contributed by atoms with E-state index in [0.717, 1.165) is 12.2 Å². The molecule has 0 spiro atoms. The summed E-state index contributed by atoms with van der Waals surface area (Å²) in [5, 5.41) is 3.62. The Hall–Kier alpha value is -1.65. The fraction of sp³-hybridized carbons (Fsp3) is 0.235. The molecule has 1 heterocycles. The van der Waals surface area contributed by atoms with Gasteiger partial charge in [-0.25, -0.2) is 0 Å². The van der Waals surface area contributed by atoms with Crippen molar-refractivity contribution in [3.8, 4) is 5.75 Å². The highest BCUT2D eigenvalue weighted by Gasteiger charge is 2.23. The van der Waals surface area contributed by atoms with Crippen LogP contribution in [-0.4, -0.2) is 18.8 Å². The number of carbonyl (C=O) groups excluding carboxylic acids is 1. The number of fused-ring (bicyclic) bond motifs is 1. The van der Waals surface area contributed by atoms with E-state index in [1.165, 1.54) is 10.5 Å². The number of methoxy groups -OCH3 is 1. The molecule has 2 aromatic rings. The molecule has 1 aliphatic rings. The Bertz CT molecular complexity index is 705. The third-order valence-electron chi connectivity index (χ3n) is 3.67. The van der Waals surface area contributed by atoms with E-state index in [1.54, 1.807) is 25.3 Å². The molecule has 3 rings (SSSR count). The lowest BCUT2D eigenvalue weighted by Crippen LogP contribution is -2.30. The van der Waals surface area contributed by atoms with Gasteiger partial charge in [-0.15, -0.1) is 11.8 Å². The van der Waals surface area contributed by atoms with Crippen molar-refractivity contribution in [2.75, 3.05) is 12.9 Å². The van der Waals surface area contributed by atoms with Crippen molar-refractivity contribution in [1.29, 1.82) is 0 Å². The van der Waals surface area contributed by atoms with Crippen LogP contribution in [0.2, 0.25) is 5.02 Å². The Morgan fingerprint density at radius 1 is 1.32 bits per heavy atom. The van der Waals surface area contributed by atoms with Gasteiger partial charge < -0.3 is 10.1 Å². The zero-order valence-corrected chi connectivity index (χ0v) is 13.7. The molecule has 0 fully saturated rings. The molecule has 3 nitrogen and oxygen atoms in total. The molecule has 0 bridgehead atoms. The van der Waals surface area contributed by atoms with Gasteiger partial charge in [0.25, 0.3) is 5.91 Å². The molecule has 1 atom stereocenters. The molecule has 2 aromatic carbocycles. The maximum atomic E-state index is 12.6. The minimum Gasteiger partial charge on any atom is -0.496 e. The molecule has 1 amide bonds. The Morgan fingerprint density at radius 3 is 2.95 bits per heavy atom. The minimum atomic E-state index is -0.161. The van der Waals surface area contributed by atoms with Crippen molar-refractivity contribution < 1.29 is 9.53 Å². The average molecular weight is 334 g/mol. The van der Waals surface area contributed by atoms with E-state index in [4.69, 9.17) is 16.3 Å². The summed E-state index contributed by atoms with van der Waals surface area (Å²) in [4.78, 5) is 13.8. The second-order valence-corrected chi connectivity index (χ2v) is 6.62. The van der Waals surface area contributed by atoms with Crippen LogP contribution in [0.4, 0.5) is 0 Å². The van der Waals surface area contributed by atoms with Crippen molar-refractivity contribution in [3.63, 3.8) is 0 Å². The van der Waals surface area contributed by atoms with Crippen LogP contribution < -0.4 is 10.1 Å². The van der Waals surface area contributed by atoms with Gasteiger partial charge in [0.15, 0.2) is 0 Å². The number of rotatable bonds is 3. The minimum absolute atomic E-state index is 0.0219. The van der Waals surface area contributed by atoms with Crippen LogP contribution in [0.3, 0.4) is 0 Å². The molecule has 1 unspecified atom stereocenters. The highest BCUT2D eigenvalue weighted by atomic mass is 35.5. The molecule has 22 heavy (non-hydrogen) atoms. The summed E-state index contributed by atoms with van der Waals surface area (Å²) in [6.45, 7) is 0. The van der Waals surface area contributed by atoms with Crippen molar-refractivity contribution in [2.45, 2.75) is 17.4 Å². The van der Waals surface area contributed by atoms with Gasteiger partial charge in [-0.05, 0) is 36.2 Å². The van der Waals surface area contributed by atoms with Crippen molar-refractivity contribution in [1.82, 2.24) is 5.32 Å². The lowest BCUT2D eigenvalue weighted by molar-refractivity contribution is 0.0932. The Morgan fingerprint density at radius 2 is 2.14 bits per heavy atom. The van der Waals surface area contributed by atoms with Gasteiger partial charge in [-0.2, -0.15) is 0 Å². The maximum Gasteiger partial charge on any atom is 0.255 e. The number of benzene rings is 2. The number of hydrogen-bond donors (Lipinski definition) is 1. The Balaban J connectivity index is 1.85. The summed E-state index contributed by atoms with van der Waals surface area (Å²) in [6, 6.07) is 13.3. The van der Waals surface area contributed by atoms with E-state index in [2.05, 4.69) is 17.4 Å². The van der Waals surface area contributed by atoms with Crippen LogP contribution in [0.25, 0.3) is 0 Å². The van der Waals surface area contributed by atoms with E-state index < -0.39 is 0 Å². The molecular weight excluding hydrogens is 318 g/mol. The van der Waals surface area contributed by atoms with Gasteiger partial charge in [0.05, 0.1) is 18.7 Å². The molecular formula is C17H16ClNO2S. The molecule has 1 N–H and O–H groups in total. The van der Waals surface area contributed by atoms with Crippen LogP contribution >= 0.6 is 23.4 Å². The first-order valence-corrected chi connectivity index (χ1v) is 8.41. The second-order valence-electron chi connectivity index (χ2n) is 5.05. The van der Waals surface area contributed by atoms with E-state index >= 15 is 0 Å². The summed E-state index contributed by atoms with van der Waals surface area (Å²) in [6.07, 6.45) is 0.913. The van der Waals surface area contributed by atoms with Crippen LogP contribution in [0.15, 0.2) is 47.4 Å². The quantitative estimate of drug-likeness (QED) is 0.909. The lowest BCUT2D eigenvalue weighted by Gasteiger charge is -2.26. The SMILES string of the molecule is COc1ccc(Cl)cc1C(=O)NC1CCSc2ccccc21. The smallest absolute Gasteiger partial charge is 0.255 e. The number of carbonyl (C=O) groups is 1. The van der Waals surface area contributed by atoms with Crippen LogP contribution in [0.1, 0.15) is 28.4 Å². The van der Waals surface area contributed by atoms with Gasteiger partial charge in [-0.3, -0.25) is 4.79 Å². The molecule has 0 saturated carbocycles. The molecule has 0 saturated heterocycles.